The monoisotopic (exact) mass is 229 g/mol. The molecule has 3 aromatic rings. The number of nitrogens with zero attached hydrogens (tertiary/aromatic N) is 5. The topological polar surface area (TPSA) is 83.8 Å². The van der Waals surface area contributed by atoms with Crippen molar-refractivity contribution in [1.82, 2.24) is 29.5 Å². The fourth-order valence-electron chi connectivity index (χ4n) is 1.63. The highest BCUT2D eigenvalue weighted by Gasteiger charge is 2.05. The molecule has 0 aliphatic carbocycles. The van der Waals surface area contributed by atoms with E-state index in [2.05, 4.69) is 30.4 Å². The van der Waals surface area contributed by atoms with Crippen LogP contribution in [0.1, 0.15) is 11.5 Å². The van der Waals surface area contributed by atoms with Gasteiger partial charge in [0.05, 0.1) is 6.54 Å². The minimum absolute atomic E-state index is 0.590. The van der Waals surface area contributed by atoms with Gasteiger partial charge in [-0.25, -0.2) is 9.97 Å². The third kappa shape index (κ3) is 1.82. The Bertz CT molecular complexity index is 625. The van der Waals surface area contributed by atoms with Crippen molar-refractivity contribution in [2.24, 2.45) is 0 Å². The van der Waals surface area contributed by atoms with Gasteiger partial charge in [-0.05, 0) is 6.92 Å². The largest absolute Gasteiger partial charge is 0.363 e. The van der Waals surface area contributed by atoms with Crippen LogP contribution in [-0.2, 0) is 6.54 Å². The molecular formula is C10H11N7. The SMILES string of the molecule is Cc1cc(NCc2ncc[nH]2)n2ncnc2n1. The molecule has 0 atom stereocenters. The van der Waals surface area contributed by atoms with Gasteiger partial charge in [0.25, 0.3) is 5.78 Å². The number of imidazole rings is 1. The molecule has 0 saturated carbocycles. The fraction of sp³-hybridized carbons (Fsp3) is 0.200. The summed E-state index contributed by atoms with van der Waals surface area (Å²) in [5, 5.41) is 7.35. The van der Waals surface area contributed by atoms with E-state index in [0.717, 1.165) is 17.3 Å². The molecule has 17 heavy (non-hydrogen) atoms. The first kappa shape index (κ1) is 9.76. The van der Waals surface area contributed by atoms with Crippen LogP contribution in [0.25, 0.3) is 5.78 Å². The average Bonchev–Trinajstić information content (AvgIpc) is 2.95. The van der Waals surface area contributed by atoms with Crippen LogP contribution < -0.4 is 5.32 Å². The molecule has 0 aliphatic heterocycles. The van der Waals surface area contributed by atoms with E-state index in [1.165, 1.54) is 6.33 Å². The van der Waals surface area contributed by atoms with Crippen molar-refractivity contribution in [3.8, 4) is 0 Å². The van der Waals surface area contributed by atoms with Crippen LogP contribution in [0.4, 0.5) is 5.82 Å². The van der Waals surface area contributed by atoms with Crippen molar-refractivity contribution >= 4 is 11.6 Å². The number of anilines is 1. The molecule has 0 bridgehead atoms. The van der Waals surface area contributed by atoms with E-state index in [0.29, 0.717) is 12.3 Å². The van der Waals surface area contributed by atoms with Crippen LogP contribution in [0.2, 0.25) is 0 Å². The van der Waals surface area contributed by atoms with Gasteiger partial charge in [0.2, 0.25) is 0 Å². The van der Waals surface area contributed by atoms with Crippen molar-refractivity contribution in [3.05, 3.63) is 36.3 Å². The average molecular weight is 229 g/mol. The molecule has 0 fully saturated rings. The Balaban J connectivity index is 1.91. The maximum atomic E-state index is 4.27. The van der Waals surface area contributed by atoms with Gasteiger partial charge in [-0.3, -0.25) is 0 Å². The summed E-state index contributed by atoms with van der Waals surface area (Å²) in [5.74, 6) is 2.31. The molecule has 0 aromatic carbocycles. The second kappa shape index (κ2) is 3.85. The fourth-order valence-corrected chi connectivity index (χ4v) is 1.63. The Morgan fingerprint density at radius 3 is 3.18 bits per heavy atom. The third-order valence-electron chi connectivity index (χ3n) is 2.37. The predicted molar refractivity (Wildman–Crippen MR) is 61.4 cm³/mol. The van der Waals surface area contributed by atoms with Gasteiger partial charge >= 0.3 is 0 Å². The molecule has 2 N–H and O–H groups in total. The first-order valence-electron chi connectivity index (χ1n) is 5.22. The maximum absolute atomic E-state index is 4.27. The maximum Gasteiger partial charge on any atom is 0.254 e. The van der Waals surface area contributed by atoms with Crippen molar-refractivity contribution < 1.29 is 0 Å². The Morgan fingerprint density at radius 2 is 2.35 bits per heavy atom. The highest BCUT2D eigenvalue weighted by Crippen LogP contribution is 2.10. The number of nitrogens with one attached hydrogen (secondary N) is 2. The normalized spacial score (nSPS) is 10.9. The smallest absolute Gasteiger partial charge is 0.254 e. The molecular weight excluding hydrogens is 218 g/mol. The van der Waals surface area contributed by atoms with Crippen LogP contribution in [0, 0.1) is 6.92 Å². The van der Waals surface area contributed by atoms with Crippen molar-refractivity contribution in [2.75, 3.05) is 5.32 Å². The van der Waals surface area contributed by atoms with Crippen LogP contribution in [0.15, 0.2) is 24.8 Å². The standard InChI is InChI=1S/C10H11N7/c1-7-4-9(13-5-8-11-2-3-12-8)17-10(16-7)14-6-15-17/h2-4,6,13H,5H2,1H3,(H,11,12). The molecule has 3 rings (SSSR count). The highest BCUT2D eigenvalue weighted by atomic mass is 15.4. The van der Waals surface area contributed by atoms with E-state index >= 15 is 0 Å². The molecule has 3 aromatic heterocycles. The van der Waals surface area contributed by atoms with Crippen LogP contribution in [0.5, 0.6) is 0 Å². The number of fused-ring (bicyclic) bond motifs is 1. The van der Waals surface area contributed by atoms with E-state index in [4.69, 9.17) is 0 Å². The molecule has 7 nitrogen and oxygen atoms in total. The lowest BCUT2D eigenvalue weighted by molar-refractivity contribution is 0.900. The Hall–Kier alpha value is -2.44. The lowest BCUT2D eigenvalue weighted by Crippen LogP contribution is -2.07. The minimum atomic E-state index is 0.590. The zero-order chi connectivity index (χ0) is 11.7. The number of hydrogen-bond acceptors (Lipinski definition) is 5. The quantitative estimate of drug-likeness (QED) is 0.693. The number of hydrogen-bond donors (Lipinski definition) is 2. The van der Waals surface area contributed by atoms with Crippen molar-refractivity contribution in [3.63, 3.8) is 0 Å². The number of aryl methyl sites for hydroxylation is 1. The molecule has 0 unspecified atom stereocenters. The molecule has 0 aliphatic rings. The predicted octanol–water partition coefficient (Wildman–Crippen LogP) is 0.768. The molecule has 3 heterocycles. The summed E-state index contributed by atoms with van der Waals surface area (Å²) in [5.41, 5.74) is 0.896. The summed E-state index contributed by atoms with van der Waals surface area (Å²) >= 11 is 0. The number of H-pyrrole nitrogens is 1. The van der Waals surface area contributed by atoms with E-state index in [9.17, 15) is 0 Å². The van der Waals surface area contributed by atoms with Gasteiger partial charge in [-0.2, -0.15) is 14.6 Å². The van der Waals surface area contributed by atoms with Gasteiger partial charge in [-0.1, -0.05) is 0 Å². The summed E-state index contributed by atoms with van der Waals surface area (Å²) in [6.07, 6.45) is 5.00. The van der Waals surface area contributed by atoms with Gasteiger partial charge in [0, 0.05) is 24.2 Å². The summed E-state index contributed by atoms with van der Waals surface area (Å²) < 4.78 is 1.66. The molecule has 0 radical (unpaired) electrons. The molecule has 0 saturated heterocycles. The Labute approximate surface area is 96.9 Å². The van der Waals surface area contributed by atoms with Gasteiger partial charge in [-0.15, -0.1) is 0 Å². The first-order chi connectivity index (χ1) is 8.33. The Kier molecular flexibility index (Phi) is 2.21. The van der Waals surface area contributed by atoms with Crippen LogP contribution >= 0.6 is 0 Å². The van der Waals surface area contributed by atoms with Crippen LogP contribution in [-0.4, -0.2) is 29.5 Å². The highest BCUT2D eigenvalue weighted by molar-refractivity contribution is 5.44. The molecule has 0 spiro atoms. The van der Waals surface area contributed by atoms with Gasteiger partial charge in [0.1, 0.15) is 18.0 Å². The van der Waals surface area contributed by atoms with E-state index < -0.39 is 0 Å². The molecule has 0 amide bonds. The third-order valence-corrected chi connectivity index (χ3v) is 2.37. The minimum Gasteiger partial charge on any atom is -0.363 e. The zero-order valence-electron chi connectivity index (χ0n) is 9.25. The summed E-state index contributed by atoms with van der Waals surface area (Å²) in [7, 11) is 0. The van der Waals surface area contributed by atoms with E-state index in [-0.39, 0.29) is 0 Å². The lowest BCUT2D eigenvalue weighted by Gasteiger charge is -2.06. The van der Waals surface area contributed by atoms with E-state index in [1.54, 1.807) is 16.9 Å². The Morgan fingerprint density at radius 1 is 1.41 bits per heavy atom. The van der Waals surface area contributed by atoms with Crippen molar-refractivity contribution in [2.45, 2.75) is 13.5 Å². The zero-order valence-corrected chi connectivity index (χ0v) is 9.25. The van der Waals surface area contributed by atoms with Crippen molar-refractivity contribution in [1.29, 1.82) is 0 Å². The number of aromatic nitrogens is 6. The number of rotatable bonds is 3. The van der Waals surface area contributed by atoms with Crippen LogP contribution in [0.3, 0.4) is 0 Å². The summed E-state index contributed by atoms with van der Waals surface area (Å²) in [4.78, 5) is 15.5. The summed E-state index contributed by atoms with van der Waals surface area (Å²) in [6, 6.07) is 1.92. The first-order valence-corrected chi connectivity index (χ1v) is 5.22. The second-order valence-corrected chi connectivity index (χ2v) is 3.64. The van der Waals surface area contributed by atoms with E-state index in [1.807, 2.05) is 13.0 Å². The molecule has 7 heteroatoms. The molecule has 86 valence electrons. The lowest BCUT2D eigenvalue weighted by atomic mass is 10.4. The van der Waals surface area contributed by atoms with Gasteiger partial charge in [0.15, 0.2) is 0 Å². The number of aromatic amines is 1. The summed E-state index contributed by atoms with van der Waals surface area (Å²) in [6.45, 7) is 2.53. The van der Waals surface area contributed by atoms with Gasteiger partial charge < -0.3 is 10.3 Å². The second-order valence-electron chi connectivity index (χ2n) is 3.64.